The average molecular weight is 359 g/mol. The van der Waals surface area contributed by atoms with Crippen LogP contribution in [0.15, 0.2) is 30.5 Å². The molecule has 0 bridgehead atoms. The number of nitrogens with zero attached hydrogens (tertiary/aromatic N) is 2. The Balaban J connectivity index is 1.64. The van der Waals surface area contributed by atoms with E-state index in [0.29, 0.717) is 11.7 Å². The summed E-state index contributed by atoms with van der Waals surface area (Å²) in [5, 5.41) is 3.37. The van der Waals surface area contributed by atoms with E-state index in [9.17, 15) is 9.59 Å². The summed E-state index contributed by atoms with van der Waals surface area (Å²) in [6, 6.07) is 7.38. The van der Waals surface area contributed by atoms with Crippen molar-refractivity contribution in [2.75, 3.05) is 16.8 Å². The molecule has 2 amide bonds. The molecule has 3 rings (SSSR count). The van der Waals surface area contributed by atoms with Crippen LogP contribution in [-0.2, 0) is 9.59 Å². The van der Waals surface area contributed by atoms with Crippen molar-refractivity contribution < 1.29 is 14.3 Å². The first-order chi connectivity index (χ1) is 11.9. The largest absolute Gasteiger partial charge is 0.491 e. The lowest BCUT2D eigenvalue weighted by atomic mass is 10.1. The number of aromatic nitrogens is 1. The maximum absolute atomic E-state index is 12.4. The maximum Gasteiger partial charge on any atom is 0.231 e. The van der Waals surface area contributed by atoms with Gasteiger partial charge in [-0.25, -0.2) is 4.98 Å². The average Bonchev–Trinajstić information content (AvgIpc) is 3.13. The Morgan fingerprint density at radius 2 is 2.08 bits per heavy atom. The van der Waals surface area contributed by atoms with Crippen LogP contribution < -0.4 is 15.0 Å². The molecule has 132 valence electrons. The first-order valence-corrected chi connectivity index (χ1v) is 9.04. The van der Waals surface area contributed by atoms with Crippen LogP contribution in [0, 0.1) is 12.8 Å². The molecule has 0 radical (unpaired) electrons. The van der Waals surface area contributed by atoms with Crippen molar-refractivity contribution in [3.05, 3.63) is 35.3 Å². The quantitative estimate of drug-likeness (QED) is 0.890. The minimum atomic E-state index is -0.372. The van der Waals surface area contributed by atoms with Gasteiger partial charge in [-0.2, -0.15) is 0 Å². The minimum absolute atomic E-state index is 0.0482. The van der Waals surface area contributed by atoms with Crippen molar-refractivity contribution in [2.24, 2.45) is 5.92 Å². The number of hydrogen-bond donors (Lipinski definition) is 1. The number of nitrogens with one attached hydrogen (secondary N) is 1. The molecule has 25 heavy (non-hydrogen) atoms. The molecule has 1 aliphatic rings. The summed E-state index contributed by atoms with van der Waals surface area (Å²) in [7, 11) is 0. The SMILES string of the molecule is Cc1cnc(NC(=O)C2CC(=O)N(c3ccc(OC(C)C)cc3)C2)s1. The number of hydrogen-bond acceptors (Lipinski definition) is 5. The van der Waals surface area contributed by atoms with Gasteiger partial charge in [-0.05, 0) is 45.0 Å². The lowest BCUT2D eigenvalue weighted by Crippen LogP contribution is -2.28. The van der Waals surface area contributed by atoms with Gasteiger partial charge in [-0.3, -0.25) is 9.59 Å². The number of carbonyl (C=O) groups is 2. The monoisotopic (exact) mass is 359 g/mol. The van der Waals surface area contributed by atoms with Crippen molar-refractivity contribution in [3.8, 4) is 5.75 Å². The minimum Gasteiger partial charge on any atom is -0.491 e. The van der Waals surface area contributed by atoms with E-state index in [1.54, 1.807) is 11.1 Å². The molecule has 0 saturated carbocycles. The van der Waals surface area contributed by atoms with E-state index in [1.165, 1.54) is 11.3 Å². The van der Waals surface area contributed by atoms with Crippen LogP contribution in [0.2, 0.25) is 0 Å². The van der Waals surface area contributed by atoms with Gasteiger partial charge in [0.2, 0.25) is 11.8 Å². The molecule has 6 nitrogen and oxygen atoms in total. The van der Waals surface area contributed by atoms with Crippen molar-refractivity contribution in [3.63, 3.8) is 0 Å². The first kappa shape index (κ1) is 17.4. The summed E-state index contributed by atoms with van der Waals surface area (Å²) in [5.74, 6) is 0.181. The fourth-order valence-electron chi connectivity index (χ4n) is 2.73. The smallest absolute Gasteiger partial charge is 0.231 e. The highest BCUT2D eigenvalue weighted by atomic mass is 32.1. The summed E-state index contributed by atoms with van der Waals surface area (Å²) in [4.78, 5) is 31.5. The molecule has 2 heterocycles. The van der Waals surface area contributed by atoms with E-state index in [4.69, 9.17) is 4.74 Å². The van der Waals surface area contributed by atoms with Crippen LogP contribution >= 0.6 is 11.3 Å². The molecule has 1 saturated heterocycles. The molecule has 0 spiro atoms. The van der Waals surface area contributed by atoms with Crippen molar-refractivity contribution in [1.29, 1.82) is 0 Å². The third-order valence-electron chi connectivity index (χ3n) is 3.87. The van der Waals surface area contributed by atoms with Gasteiger partial charge in [0, 0.05) is 29.7 Å². The van der Waals surface area contributed by atoms with Crippen LogP contribution in [0.5, 0.6) is 5.75 Å². The zero-order valence-corrected chi connectivity index (χ0v) is 15.3. The Bertz CT molecular complexity index is 770. The van der Waals surface area contributed by atoms with E-state index in [2.05, 4.69) is 10.3 Å². The topological polar surface area (TPSA) is 71.5 Å². The Morgan fingerprint density at radius 3 is 2.68 bits per heavy atom. The lowest BCUT2D eigenvalue weighted by molar-refractivity contribution is -0.122. The van der Waals surface area contributed by atoms with Gasteiger partial charge in [0.15, 0.2) is 5.13 Å². The van der Waals surface area contributed by atoms with E-state index >= 15 is 0 Å². The molecule has 1 unspecified atom stereocenters. The van der Waals surface area contributed by atoms with E-state index in [-0.39, 0.29) is 30.3 Å². The van der Waals surface area contributed by atoms with Crippen molar-refractivity contribution in [1.82, 2.24) is 4.98 Å². The van der Waals surface area contributed by atoms with Gasteiger partial charge in [0.25, 0.3) is 0 Å². The number of benzene rings is 1. The number of anilines is 2. The molecule has 1 aromatic heterocycles. The molecule has 7 heteroatoms. The Labute approximate surface area is 150 Å². The number of ether oxygens (including phenoxy) is 1. The fraction of sp³-hybridized carbons (Fsp3) is 0.389. The molecule has 1 fully saturated rings. The van der Waals surface area contributed by atoms with Gasteiger partial charge in [-0.15, -0.1) is 11.3 Å². The second-order valence-electron chi connectivity index (χ2n) is 6.33. The zero-order chi connectivity index (χ0) is 18.0. The molecule has 1 N–H and O–H groups in total. The predicted octanol–water partition coefficient (Wildman–Crippen LogP) is 3.23. The van der Waals surface area contributed by atoms with Gasteiger partial charge >= 0.3 is 0 Å². The van der Waals surface area contributed by atoms with Crippen LogP contribution in [0.4, 0.5) is 10.8 Å². The molecular weight excluding hydrogens is 338 g/mol. The number of carbonyl (C=O) groups excluding carboxylic acids is 2. The van der Waals surface area contributed by atoms with Gasteiger partial charge in [-0.1, -0.05) is 0 Å². The number of thiazole rings is 1. The third kappa shape index (κ3) is 4.17. The van der Waals surface area contributed by atoms with Crippen molar-refractivity contribution in [2.45, 2.75) is 33.3 Å². The predicted molar refractivity (Wildman–Crippen MR) is 98.1 cm³/mol. The van der Waals surface area contributed by atoms with Crippen LogP contribution in [0.1, 0.15) is 25.1 Å². The Morgan fingerprint density at radius 1 is 1.36 bits per heavy atom. The first-order valence-electron chi connectivity index (χ1n) is 8.23. The summed E-state index contributed by atoms with van der Waals surface area (Å²) < 4.78 is 5.61. The Hall–Kier alpha value is -2.41. The molecular formula is C18H21N3O3S. The van der Waals surface area contributed by atoms with E-state index in [0.717, 1.165) is 16.3 Å². The zero-order valence-electron chi connectivity index (χ0n) is 14.5. The van der Waals surface area contributed by atoms with Gasteiger partial charge in [0.1, 0.15) is 5.75 Å². The van der Waals surface area contributed by atoms with Gasteiger partial charge in [0.05, 0.1) is 12.0 Å². The van der Waals surface area contributed by atoms with Crippen LogP contribution in [-0.4, -0.2) is 29.4 Å². The molecule has 1 aliphatic heterocycles. The van der Waals surface area contributed by atoms with Crippen molar-refractivity contribution >= 4 is 34.0 Å². The van der Waals surface area contributed by atoms with E-state index in [1.807, 2.05) is 45.0 Å². The summed E-state index contributed by atoms with van der Waals surface area (Å²) >= 11 is 1.42. The van der Waals surface area contributed by atoms with Gasteiger partial charge < -0.3 is 15.0 Å². The lowest BCUT2D eigenvalue weighted by Gasteiger charge is -2.17. The highest BCUT2D eigenvalue weighted by Gasteiger charge is 2.35. The molecule has 0 aliphatic carbocycles. The maximum atomic E-state index is 12.4. The second-order valence-corrected chi connectivity index (χ2v) is 7.57. The van der Waals surface area contributed by atoms with Crippen LogP contribution in [0.25, 0.3) is 0 Å². The molecule has 2 aromatic rings. The third-order valence-corrected chi connectivity index (χ3v) is 4.70. The highest BCUT2D eigenvalue weighted by molar-refractivity contribution is 7.15. The normalized spacial score (nSPS) is 17.2. The number of aryl methyl sites for hydroxylation is 1. The second kappa shape index (κ2) is 7.23. The van der Waals surface area contributed by atoms with Crippen LogP contribution in [0.3, 0.4) is 0 Å². The fourth-order valence-corrected chi connectivity index (χ4v) is 3.40. The Kier molecular flexibility index (Phi) is 5.03. The number of rotatable bonds is 5. The molecule has 1 aromatic carbocycles. The summed E-state index contributed by atoms with van der Waals surface area (Å²) in [5.41, 5.74) is 0.779. The summed E-state index contributed by atoms with van der Waals surface area (Å²) in [6.45, 7) is 6.23. The molecule has 1 atom stereocenters. The standard InChI is InChI=1S/C18H21N3O3S/c1-11(2)24-15-6-4-14(5-7-15)21-10-13(8-16(21)22)17(23)20-18-19-9-12(3)25-18/h4-7,9,11,13H,8,10H2,1-3H3,(H,19,20,23). The highest BCUT2D eigenvalue weighted by Crippen LogP contribution is 2.28. The van der Waals surface area contributed by atoms with E-state index < -0.39 is 0 Å². The number of amides is 2. The summed E-state index contributed by atoms with van der Waals surface area (Å²) in [6.07, 6.45) is 2.02.